The zero-order valence-electron chi connectivity index (χ0n) is 11.0. The summed E-state index contributed by atoms with van der Waals surface area (Å²) < 4.78 is 5.06. The lowest BCUT2D eigenvalue weighted by molar-refractivity contribution is -0.120. The molecule has 2 aliphatic rings. The molecule has 1 heterocycles. The molecule has 1 aliphatic heterocycles. The van der Waals surface area contributed by atoms with Crippen molar-refractivity contribution in [2.24, 2.45) is 0 Å². The van der Waals surface area contributed by atoms with Crippen molar-refractivity contribution in [3.05, 3.63) is 28.8 Å². The summed E-state index contributed by atoms with van der Waals surface area (Å²) in [5.74, 6) is -0.379. The molecule has 0 bridgehead atoms. The molecule has 3 rings (SSSR count). The van der Waals surface area contributed by atoms with E-state index >= 15 is 0 Å². The maximum atomic E-state index is 11.9. The van der Waals surface area contributed by atoms with Crippen molar-refractivity contribution in [2.45, 2.75) is 38.0 Å². The minimum atomic E-state index is -0.487. The summed E-state index contributed by atoms with van der Waals surface area (Å²) >= 11 is 0. The van der Waals surface area contributed by atoms with Crippen LogP contribution in [0.3, 0.4) is 0 Å². The van der Waals surface area contributed by atoms with E-state index < -0.39 is 11.8 Å². The van der Waals surface area contributed by atoms with Crippen LogP contribution < -0.4 is 10.1 Å². The third kappa shape index (κ3) is 1.99. The van der Waals surface area contributed by atoms with E-state index in [2.05, 4.69) is 5.32 Å². The number of hydrogen-bond donors (Lipinski definition) is 1. The summed E-state index contributed by atoms with van der Waals surface area (Å²) in [5, 5.41) is 2.24. The van der Waals surface area contributed by atoms with Gasteiger partial charge in [0.25, 0.3) is 18.3 Å². The number of rotatable bonds is 3. The summed E-state index contributed by atoms with van der Waals surface area (Å²) in [7, 11) is 0. The fourth-order valence-corrected chi connectivity index (χ4v) is 3.16. The van der Waals surface area contributed by atoms with Crippen LogP contribution in [0.25, 0.3) is 0 Å². The maximum absolute atomic E-state index is 11.9. The van der Waals surface area contributed by atoms with Crippen LogP contribution >= 0.6 is 0 Å². The Hall–Kier alpha value is -2.17. The van der Waals surface area contributed by atoms with Crippen LogP contribution in [0.4, 0.5) is 0 Å². The first kappa shape index (κ1) is 12.8. The molecule has 0 aromatic heterocycles. The Balaban J connectivity index is 2.11. The molecule has 1 saturated carbocycles. The smallest absolute Gasteiger partial charge is 0.298 e. The first-order valence-electron chi connectivity index (χ1n) is 6.85. The average molecular weight is 273 g/mol. The van der Waals surface area contributed by atoms with Crippen LogP contribution in [0.5, 0.6) is 5.75 Å². The molecule has 2 amide bonds. The molecule has 1 N–H and O–H groups in total. The number of fused-ring (bicyclic) bond motifs is 1. The minimum absolute atomic E-state index is 0.199. The highest BCUT2D eigenvalue weighted by molar-refractivity contribution is 6.23. The number of carbonyl (C=O) groups is 3. The van der Waals surface area contributed by atoms with Crippen molar-refractivity contribution in [1.29, 1.82) is 0 Å². The second kappa shape index (κ2) is 5.07. The molecule has 0 unspecified atom stereocenters. The Morgan fingerprint density at radius 2 is 1.85 bits per heavy atom. The van der Waals surface area contributed by atoms with Gasteiger partial charge in [-0.2, -0.15) is 0 Å². The second-order valence-electron chi connectivity index (χ2n) is 5.24. The van der Waals surface area contributed by atoms with E-state index in [0.717, 1.165) is 31.2 Å². The van der Waals surface area contributed by atoms with E-state index in [-0.39, 0.29) is 22.8 Å². The monoisotopic (exact) mass is 273 g/mol. The van der Waals surface area contributed by atoms with Gasteiger partial charge in [-0.3, -0.25) is 19.7 Å². The van der Waals surface area contributed by atoms with E-state index in [1.165, 1.54) is 6.42 Å². The number of carbonyl (C=O) groups excluding carboxylic acids is 3. The Bertz CT molecular complexity index is 588. The first-order chi connectivity index (χ1) is 9.72. The van der Waals surface area contributed by atoms with Crippen LogP contribution in [0.2, 0.25) is 0 Å². The number of imide groups is 1. The predicted molar refractivity (Wildman–Crippen MR) is 70.8 cm³/mol. The molecular formula is C15H15NO4. The van der Waals surface area contributed by atoms with Gasteiger partial charge in [0.2, 0.25) is 0 Å². The second-order valence-corrected chi connectivity index (χ2v) is 5.24. The first-order valence-corrected chi connectivity index (χ1v) is 6.85. The topological polar surface area (TPSA) is 72.5 Å². The number of nitrogens with one attached hydrogen (secondary N) is 1. The summed E-state index contributed by atoms with van der Waals surface area (Å²) in [5.41, 5.74) is 1.34. The third-order valence-corrected chi connectivity index (χ3v) is 4.10. The Morgan fingerprint density at radius 1 is 1.10 bits per heavy atom. The van der Waals surface area contributed by atoms with Gasteiger partial charge in [-0.1, -0.05) is 25.3 Å². The van der Waals surface area contributed by atoms with Gasteiger partial charge in [-0.05, 0) is 30.4 Å². The van der Waals surface area contributed by atoms with Crippen LogP contribution in [0.1, 0.15) is 64.3 Å². The lowest BCUT2D eigenvalue weighted by Crippen LogP contribution is -2.20. The lowest BCUT2D eigenvalue weighted by atomic mass is 9.82. The van der Waals surface area contributed by atoms with Gasteiger partial charge in [0.1, 0.15) is 5.75 Å². The lowest BCUT2D eigenvalue weighted by Gasteiger charge is -2.24. The van der Waals surface area contributed by atoms with Gasteiger partial charge in [-0.25, -0.2) is 0 Å². The highest BCUT2D eigenvalue weighted by atomic mass is 16.5. The van der Waals surface area contributed by atoms with Gasteiger partial charge in [0.15, 0.2) is 0 Å². The molecule has 104 valence electrons. The summed E-state index contributed by atoms with van der Waals surface area (Å²) in [6, 6.07) is 3.46. The molecule has 1 fully saturated rings. The summed E-state index contributed by atoms with van der Waals surface area (Å²) in [6.45, 7) is 0.317. The predicted octanol–water partition coefficient (Wildman–Crippen LogP) is 2.15. The molecule has 0 saturated heterocycles. The molecule has 1 aromatic carbocycles. The van der Waals surface area contributed by atoms with Crippen LogP contribution in [0.15, 0.2) is 12.1 Å². The molecule has 1 aromatic rings. The van der Waals surface area contributed by atoms with Crippen LogP contribution in [-0.4, -0.2) is 18.3 Å². The number of hydrogen-bond acceptors (Lipinski definition) is 4. The van der Waals surface area contributed by atoms with Gasteiger partial charge in [0.05, 0.1) is 11.1 Å². The third-order valence-electron chi connectivity index (χ3n) is 4.10. The van der Waals surface area contributed by atoms with Crippen molar-refractivity contribution < 1.29 is 19.1 Å². The SMILES string of the molecule is O=COc1c(C2CCCCC2)ccc2c1C(=O)NC2=O. The number of amides is 2. The molecule has 20 heavy (non-hydrogen) atoms. The normalized spacial score (nSPS) is 18.6. The molecule has 0 radical (unpaired) electrons. The fourth-order valence-electron chi connectivity index (χ4n) is 3.16. The van der Waals surface area contributed by atoms with Gasteiger partial charge in [0, 0.05) is 0 Å². The molecule has 1 aliphatic carbocycles. The van der Waals surface area contributed by atoms with E-state index in [1.807, 2.05) is 6.07 Å². The highest BCUT2D eigenvalue weighted by Crippen LogP contribution is 2.40. The Labute approximate surface area is 116 Å². The molecule has 5 nitrogen and oxygen atoms in total. The van der Waals surface area contributed by atoms with Gasteiger partial charge >= 0.3 is 0 Å². The van der Waals surface area contributed by atoms with Crippen molar-refractivity contribution >= 4 is 18.3 Å². The van der Waals surface area contributed by atoms with Crippen LogP contribution in [-0.2, 0) is 4.79 Å². The Kier molecular flexibility index (Phi) is 3.26. The van der Waals surface area contributed by atoms with E-state index in [9.17, 15) is 14.4 Å². The highest BCUT2D eigenvalue weighted by Gasteiger charge is 2.33. The number of ether oxygens (including phenoxy) is 1. The van der Waals surface area contributed by atoms with Crippen molar-refractivity contribution in [3.8, 4) is 5.75 Å². The molecule has 0 spiro atoms. The zero-order valence-corrected chi connectivity index (χ0v) is 11.0. The zero-order chi connectivity index (χ0) is 14.1. The quantitative estimate of drug-likeness (QED) is 0.676. The maximum Gasteiger partial charge on any atom is 0.298 e. The summed E-state index contributed by atoms with van der Waals surface area (Å²) in [4.78, 5) is 34.3. The van der Waals surface area contributed by atoms with E-state index in [4.69, 9.17) is 4.74 Å². The standard InChI is InChI=1S/C15H15NO4/c17-8-20-13-10(9-4-2-1-3-5-9)6-7-11-12(13)15(19)16-14(11)18/h6-9H,1-5H2,(H,16,18,19). The molecule has 0 atom stereocenters. The summed E-state index contributed by atoms with van der Waals surface area (Å²) in [6.07, 6.45) is 5.51. The van der Waals surface area contributed by atoms with Gasteiger partial charge in [-0.15, -0.1) is 0 Å². The number of benzene rings is 1. The van der Waals surface area contributed by atoms with Crippen molar-refractivity contribution in [3.63, 3.8) is 0 Å². The van der Waals surface area contributed by atoms with Crippen molar-refractivity contribution in [2.75, 3.05) is 0 Å². The van der Waals surface area contributed by atoms with E-state index in [1.54, 1.807) is 6.07 Å². The van der Waals surface area contributed by atoms with Crippen LogP contribution in [0, 0.1) is 0 Å². The van der Waals surface area contributed by atoms with E-state index in [0.29, 0.717) is 6.47 Å². The molecular weight excluding hydrogens is 258 g/mol. The largest absolute Gasteiger partial charge is 0.428 e. The Morgan fingerprint density at radius 3 is 2.55 bits per heavy atom. The average Bonchev–Trinajstić information content (AvgIpc) is 2.76. The van der Waals surface area contributed by atoms with Crippen molar-refractivity contribution in [1.82, 2.24) is 5.32 Å². The minimum Gasteiger partial charge on any atom is -0.428 e. The van der Waals surface area contributed by atoms with Gasteiger partial charge < -0.3 is 4.74 Å². The fraction of sp³-hybridized carbons (Fsp3) is 0.400. The molecule has 5 heteroatoms.